The second kappa shape index (κ2) is 10.8. The number of hydrogen-bond donors (Lipinski definition) is 2. The van der Waals surface area contributed by atoms with Gasteiger partial charge in [0.2, 0.25) is 0 Å². The quantitative estimate of drug-likeness (QED) is 0.492. The number of nitrogens with zero attached hydrogens (tertiary/aromatic N) is 3. The predicted molar refractivity (Wildman–Crippen MR) is 146 cm³/mol. The molecular weight excluding hydrogens is 450 g/mol. The van der Waals surface area contributed by atoms with Crippen molar-refractivity contribution in [3.63, 3.8) is 0 Å². The number of likely N-dealkylation sites (tertiary alicyclic amines) is 1. The molecule has 188 valence electrons. The van der Waals surface area contributed by atoms with Gasteiger partial charge < -0.3 is 25.6 Å². The van der Waals surface area contributed by atoms with E-state index in [2.05, 4.69) is 35.4 Å². The summed E-state index contributed by atoms with van der Waals surface area (Å²) < 4.78 is 5.60. The minimum Gasteiger partial charge on any atom is -0.496 e. The van der Waals surface area contributed by atoms with E-state index in [1.165, 1.54) is 0 Å². The summed E-state index contributed by atoms with van der Waals surface area (Å²) >= 11 is 0. The Morgan fingerprint density at radius 1 is 1.17 bits per heavy atom. The molecule has 1 fully saturated rings. The molecule has 1 aromatic heterocycles. The first-order valence-corrected chi connectivity index (χ1v) is 12.2. The number of ether oxygens (including phenoxy) is 1. The fourth-order valence-corrected chi connectivity index (χ4v) is 4.73. The molecule has 1 unspecified atom stereocenters. The largest absolute Gasteiger partial charge is 0.496 e. The molecule has 0 aliphatic carbocycles. The molecule has 3 aromatic rings. The average Bonchev–Trinajstić information content (AvgIpc) is 3.39. The number of para-hydroxylation sites is 1. The van der Waals surface area contributed by atoms with Crippen LogP contribution in [0.25, 0.3) is 16.7 Å². The van der Waals surface area contributed by atoms with Crippen molar-refractivity contribution in [2.24, 2.45) is 0 Å². The minimum absolute atomic E-state index is 0.0179. The third-order valence-electron chi connectivity index (χ3n) is 6.87. The molecule has 1 saturated heterocycles. The van der Waals surface area contributed by atoms with Crippen molar-refractivity contribution in [1.82, 2.24) is 20.1 Å². The van der Waals surface area contributed by atoms with Crippen LogP contribution in [0.1, 0.15) is 33.5 Å². The van der Waals surface area contributed by atoms with Gasteiger partial charge in [-0.2, -0.15) is 0 Å². The zero-order valence-electron chi connectivity index (χ0n) is 21.7. The number of nitrogens with one attached hydrogen (secondary N) is 1. The van der Waals surface area contributed by atoms with Gasteiger partial charge >= 0.3 is 0 Å². The van der Waals surface area contributed by atoms with E-state index in [0.29, 0.717) is 23.8 Å². The van der Waals surface area contributed by atoms with Gasteiger partial charge in [0.15, 0.2) is 0 Å². The lowest BCUT2D eigenvalue weighted by atomic mass is 9.94. The Morgan fingerprint density at radius 3 is 2.64 bits per heavy atom. The monoisotopic (exact) mass is 485 g/mol. The number of pyridine rings is 1. The van der Waals surface area contributed by atoms with Crippen LogP contribution in [0.3, 0.4) is 0 Å². The van der Waals surface area contributed by atoms with Crippen molar-refractivity contribution in [2.75, 3.05) is 47.1 Å². The lowest BCUT2D eigenvalue weighted by Crippen LogP contribution is -2.34. The van der Waals surface area contributed by atoms with Gasteiger partial charge in [0.1, 0.15) is 5.75 Å². The van der Waals surface area contributed by atoms with Gasteiger partial charge in [0.05, 0.1) is 12.7 Å². The first kappa shape index (κ1) is 25.3. The number of methoxy groups -OCH3 is 1. The van der Waals surface area contributed by atoms with Gasteiger partial charge in [0, 0.05) is 72.7 Å². The smallest absolute Gasteiger partial charge is 0.256 e. The highest BCUT2D eigenvalue weighted by molar-refractivity contribution is 6.01. The fourth-order valence-electron chi connectivity index (χ4n) is 4.73. The maximum Gasteiger partial charge on any atom is 0.256 e. The molecule has 7 nitrogen and oxygen atoms in total. The van der Waals surface area contributed by atoms with Crippen LogP contribution in [0, 0.1) is 6.92 Å². The van der Waals surface area contributed by atoms with Crippen molar-refractivity contribution >= 4 is 17.2 Å². The predicted octanol–water partition coefficient (Wildman–Crippen LogP) is 4.03. The number of anilines is 1. The zero-order valence-corrected chi connectivity index (χ0v) is 21.7. The SMILES string of the molecule is CN/C=C(\c1cncc(-c2cc(C)c(N)c(C(=O)N3CCC(N(C)C)C3)c2)c1)c1ccccc1OC. The molecule has 7 heteroatoms. The average molecular weight is 486 g/mol. The van der Waals surface area contributed by atoms with Crippen molar-refractivity contribution in [3.8, 4) is 16.9 Å². The van der Waals surface area contributed by atoms with Crippen LogP contribution in [0.4, 0.5) is 5.69 Å². The summed E-state index contributed by atoms with van der Waals surface area (Å²) in [5, 5.41) is 3.14. The number of amides is 1. The highest BCUT2D eigenvalue weighted by Gasteiger charge is 2.29. The van der Waals surface area contributed by atoms with Gasteiger partial charge in [-0.05, 0) is 62.8 Å². The van der Waals surface area contributed by atoms with E-state index in [9.17, 15) is 4.79 Å². The molecule has 2 aromatic carbocycles. The van der Waals surface area contributed by atoms with Crippen LogP contribution in [0.2, 0.25) is 0 Å². The summed E-state index contributed by atoms with van der Waals surface area (Å²) in [5.41, 5.74) is 13.0. The Bertz CT molecular complexity index is 1280. The van der Waals surface area contributed by atoms with E-state index in [0.717, 1.165) is 52.1 Å². The standard InChI is InChI=1S/C29H35N5O2/c1-19-12-20(14-25(28(19)30)29(35)34-11-10-23(18-34)33(3)4)21-13-22(16-32-15-21)26(17-31-2)24-8-6-7-9-27(24)36-5/h6-9,12-17,23,31H,10-11,18,30H2,1-5H3/b26-17+. The van der Waals surface area contributed by atoms with Gasteiger partial charge in [-0.1, -0.05) is 18.2 Å². The van der Waals surface area contributed by atoms with E-state index < -0.39 is 0 Å². The molecule has 3 N–H and O–H groups in total. The first-order valence-electron chi connectivity index (χ1n) is 12.2. The van der Waals surface area contributed by atoms with Crippen LogP contribution in [0.5, 0.6) is 5.75 Å². The number of benzene rings is 2. The first-order chi connectivity index (χ1) is 17.3. The highest BCUT2D eigenvalue weighted by atomic mass is 16.5. The highest BCUT2D eigenvalue weighted by Crippen LogP contribution is 2.34. The molecule has 1 aliphatic rings. The second-order valence-corrected chi connectivity index (χ2v) is 9.42. The van der Waals surface area contributed by atoms with E-state index in [4.69, 9.17) is 10.5 Å². The molecule has 36 heavy (non-hydrogen) atoms. The third kappa shape index (κ3) is 5.06. The molecular formula is C29H35N5O2. The Balaban J connectivity index is 1.72. The molecule has 0 radical (unpaired) electrons. The van der Waals surface area contributed by atoms with Crippen LogP contribution in [-0.4, -0.2) is 68.1 Å². The molecule has 4 rings (SSSR count). The Labute approximate surface area is 213 Å². The third-order valence-corrected chi connectivity index (χ3v) is 6.87. The Hall–Kier alpha value is -3.84. The molecule has 1 aliphatic heterocycles. The Morgan fingerprint density at radius 2 is 1.94 bits per heavy atom. The summed E-state index contributed by atoms with van der Waals surface area (Å²) in [7, 11) is 7.65. The number of likely N-dealkylation sites (N-methyl/N-ethyl adjacent to an activating group) is 1. The Kier molecular flexibility index (Phi) is 7.60. The zero-order chi connectivity index (χ0) is 25.8. The number of carbonyl (C=O) groups excluding carboxylic acids is 1. The van der Waals surface area contributed by atoms with Crippen molar-refractivity contribution in [2.45, 2.75) is 19.4 Å². The number of hydrogen-bond acceptors (Lipinski definition) is 6. The van der Waals surface area contributed by atoms with Crippen LogP contribution in [-0.2, 0) is 0 Å². The van der Waals surface area contributed by atoms with E-state index in [-0.39, 0.29) is 5.91 Å². The van der Waals surface area contributed by atoms with E-state index >= 15 is 0 Å². The van der Waals surface area contributed by atoms with Crippen LogP contribution >= 0.6 is 0 Å². The molecule has 2 heterocycles. The van der Waals surface area contributed by atoms with Gasteiger partial charge in [-0.25, -0.2) is 0 Å². The number of nitrogens with two attached hydrogens (primary N) is 1. The van der Waals surface area contributed by atoms with E-state index in [1.807, 2.05) is 73.9 Å². The van der Waals surface area contributed by atoms with E-state index in [1.54, 1.807) is 7.11 Å². The summed E-state index contributed by atoms with van der Waals surface area (Å²) in [4.78, 5) is 22.1. The van der Waals surface area contributed by atoms with Gasteiger partial charge in [-0.3, -0.25) is 9.78 Å². The maximum absolute atomic E-state index is 13.5. The normalized spacial score (nSPS) is 15.9. The van der Waals surface area contributed by atoms with Crippen molar-refractivity contribution in [3.05, 3.63) is 83.3 Å². The fraction of sp³-hybridized carbons (Fsp3) is 0.310. The minimum atomic E-state index is -0.0179. The molecule has 1 atom stereocenters. The van der Waals surface area contributed by atoms with Crippen molar-refractivity contribution < 1.29 is 9.53 Å². The van der Waals surface area contributed by atoms with Crippen molar-refractivity contribution in [1.29, 1.82) is 0 Å². The van der Waals surface area contributed by atoms with Crippen LogP contribution in [0.15, 0.2) is 61.1 Å². The second-order valence-electron chi connectivity index (χ2n) is 9.42. The van der Waals surface area contributed by atoms with Gasteiger partial charge in [0.25, 0.3) is 5.91 Å². The lowest BCUT2D eigenvalue weighted by Gasteiger charge is -2.22. The van der Waals surface area contributed by atoms with Gasteiger partial charge in [-0.15, -0.1) is 0 Å². The molecule has 0 saturated carbocycles. The molecule has 1 amide bonds. The maximum atomic E-state index is 13.5. The lowest BCUT2D eigenvalue weighted by molar-refractivity contribution is 0.0784. The number of carbonyl (C=O) groups is 1. The van der Waals surface area contributed by atoms with Crippen LogP contribution < -0.4 is 15.8 Å². The molecule has 0 spiro atoms. The molecule has 0 bridgehead atoms. The number of aryl methyl sites for hydroxylation is 1. The topological polar surface area (TPSA) is 83.7 Å². The summed E-state index contributed by atoms with van der Waals surface area (Å²) in [6.07, 6.45) is 6.56. The summed E-state index contributed by atoms with van der Waals surface area (Å²) in [6.45, 7) is 3.39. The number of aromatic nitrogens is 1. The summed E-state index contributed by atoms with van der Waals surface area (Å²) in [5.74, 6) is 0.762. The summed E-state index contributed by atoms with van der Waals surface area (Å²) in [6, 6.07) is 14.3. The number of rotatable bonds is 7. The number of nitrogen functional groups attached to an aromatic ring is 1.